The van der Waals surface area contributed by atoms with Gasteiger partial charge in [0.1, 0.15) is 18.0 Å². The fourth-order valence-corrected chi connectivity index (χ4v) is 0.984. The van der Waals surface area contributed by atoms with Gasteiger partial charge in [0.2, 0.25) is 0 Å². The van der Waals surface area contributed by atoms with E-state index in [1.54, 1.807) is 19.2 Å². The molecule has 0 saturated carbocycles. The fraction of sp³-hybridized carbons (Fsp3) is 0.353. The standard InChI is InChI=1S/C7H6N2.C6H5N3.2C2H6/c1-6-2-3-7(4-8)5-9-6;1-5-8-3-6(2-7)4-9-5;2*1-2/h2-3,5H,1H3;3-4H,1H3;2*1-2H3. The summed E-state index contributed by atoms with van der Waals surface area (Å²) in [5.74, 6) is 0.689. The zero-order valence-electron chi connectivity index (χ0n) is 14.1. The summed E-state index contributed by atoms with van der Waals surface area (Å²) in [6, 6.07) is 7.49. The molecule has 0 N–H and O–H groups in total. The quantitative estimate of drug-likeness (QED) is 0.734. The zero-order valence-corrected chi connectivity index (χ0v) is 14.1. The van der Waals surface area contributed by atoms with Crippen LogP contribution in [-0.2, 0) is 0 Å². The van der Waals surface area contributed by atoms with Crippen LogP contribution < -0.4 is 0 Å². The molecular weight excluding hydrogens is 274 g/mol. The van der Waals surface area contributed by atoms with Gasteiger partial charge in [-0.25, -0.2) is 9.97 Å². The van der Waals surface area contributed by atoms with Gasteiger partial charge in [-0.1, -0.05) is 27.7 Å². The number of pyridine rings is 1. The first kappa shape index (κ1) is 21.5. The molecule has 116 valence electrons. The van der Waals surface area contributed by atoms with Gasteiger partial charge in [-0.3, -0.25) is 4.98 Å². The highest BCUT2D eigenvalue weighted by Crippen LogP contribution is 1.95. The van der Waals surface area contributed by atoms with Crippen molar-refractivity contribution >= 4 is 0 Å². The Morgan fingerprint density at radius 3 is 1.55 bits per heavy atom. The van der Waals surface area contributed by atoms with Gasteiger partial charge >= 0.3 is 0 Å². The summed E-state index contributed by atoms with van der Waals surface area (Å²) in [6.45, 7) is 11.7. The Morgan fingerprint density at radius 2 is 1.18 bits per heavy atom. The lowest BCUT2D eigenvalue weighted by Crippen LogP contribution is -1.85. The molecule has 2 rings (SSSR count). The SMILES string of the molecule is CC.CC.Cc1ccc(C#N)cn1.Cc1ncc(C#N)cn1. The minimum absolute atomic E-state index is 0.501. The molecule has 2 aromatic heterocycles. The number of aromatic nitrogens is 3. The second kappa shape index (κ2) is 14.6. The third-order valence-corrected chi connectivity index (χ3v) is 1.95. The highest BCUT2D eigenvalue weighted by Gasteiger charge is 1.88. The summed E-state index contributed by atoms with van der Waals surface area (Å²) >= 11 is 0. The van der Waals surface area contributed by atoms with E-state index < -0.39 is 0 Å². The first-order valence-electron chi connectivity index (χ1n) is 7.17. The molecule has 0 aromatic carbocycles. The van der Waals surface area contributed by atoms with Crippen LogP contribution in [0.4, 0.5) is 0 Å². The molecule has 0 saturated heterocycles. The van der Waals surface area contributed by atoms with Crippen molar-refractivity contribution in [3.05, 3.63) is 53.4 Å². The molecule has 22 heavy (non-hydrogen) atoms. The van der Waals surface area contributed by atoms with Crippen molar-refractivity contribution in [2.24, 2.45) is 0 Å². The molecule has 0 unspecified atom stereocenters. The van der Waals surface area contributed by atoms with Gasteiger partial charge in [0.05, 0.1) is 11.1 Å². The lowest BCUT2D eigenvalue weighted by Gasteiger charge is -1.87. The van der Waals surface area contributed by atoms with Crippen molar-refractivity contribution in [1.29, 1.82) is 10.5 Å². The molecule has 0 aliphatic rings. The molecular formula is C17H23N5. The average molecular weight is 297 g/mol. The van der Waals surface area contributed by atoms with Gasteiger partial charge in [-0.2, -0.15) is 10.5 Å². The van der Waals surface area contributed by atoms with Gasteiger partial charge in [0.25, 0.3) is 0 Å². The van der Waals surface area contributed by atoms with E-state index >= 15 is 0 Å². The van der Waals surface area contributed by atoms with E-state index in [2.05, 4.69) is 15.0 Å². The van der Waals surface area contributed by atoms with Crippen LogP contribution in [0.2, 0.25) is 0 Å². The van der Waals surface area contributed by atoms with Crippen molar-refractivity contribution in [2.45, 2.75) is 41.5 Å². The van der Waals surface area contributed by atoms with Crippen molar-refractivity contribution in [3.63, 3.8) is 0 Å². The third-order valence-electron chi connectivity index (χ3n) is 1.95. The first-order chi connectivity index (χ1) is 10.7. The monoisotopic (exact) mass is 297 g/mol. The van der Waals surface area contributed by atoms with Gasteiger partial charge in [-0.15, -0.1) is 0 Å². The maximum absolute atomic E-state index is 8.34. The lowest BCUT2D eigenvalue weighted by molar-refractivity contribution is 1.04. The largest absolute Gasteiger partial charge is 0.260 e. The molecule has 2 aromatic rings. The van der Waals surface area contributed by atoms with Crippen LogP contribution in [0, 0.1) is 36.5 Å². The van der Waals surface area contributed by atoms with Crippen LogP contribution in [0.5, 0.6) is 0 Å². The summed E-state index contributed by atoms with van der Waals surface area (Å²) in [7, 11) is 0. The van der Waals surface area contributed by atoms with E-state index in [0.717, 1.165) is 5.69 Å². The maximum Gasteiger partial charge on any atom is 0.125 e. The van der Waals surface area contributed by atoms with Crippen molar-refractivity contribution in [3.8, 4) is 12.1 Å². The summed E-state index contributed by atoms with van der Waals surface area (Å²) in [5, 5.41) is 16.6. The second-order valence-electron chi connectivity index (χ2n) is 3.43. The minimum Gasteiger partial charge on any atom is -0.260 e. The second-order valence-corrected chi connectivity index (χ2v) is 3.43. The number of nitriles is 2. The summed E-state index contributed by atoms with van der Waals surface area (Å²) in [5.41, 5.74) is 2.05. The molecule has 0 spiro atoms. The molecule has 0 bridgehead atoms. The Kier molecular flexibility index (Phi) is 14.3. The first-order valence-corrected chi connectivity index (χ1v) is 7.17. The number of aryl methyl sites for hydroxylation is 2. The summed E-state index contributed by atoms with van der Waals surface area (Å²) < 4.78 is 0. The minimum atomic E-state index is 0.501. The van der Waals surface area contributed by atoms with Gasteiger partial charge in [-0.05, 0) is 26.0 Å². The molecule has 2 heterocycles. The highest BCUT2D eigenvalue weighted by atomic mass is 14.8. The van der Waals surface area contributed by atoms with Crippen LogP contribution in [0.15, 0.2) is 30.7 Å². The number of hydrogen-bond donors (Lipinski definition) is 0. The van der Waals surface area contributed by atoms with E-state index in [-0.39, 0.29) is 0 Å². The predicted octanol–water partition coefficient (Wildman–Crippen LogP) is 3.97. The summed E-state index contributed by atoms with van der Waals surface area (Å²) in [4.78, 5) is 11.6. The van der Waals surface area contributed by atoms with Gasteiger partial charge < -0.3 is 0 Å². The molecule has 0 radical (unpaired) electrons. The smallest absolute Gasteiger partial charge is 0.125 e. The average Bonchev–Trinajstić information content (AvgIpc) is 2.60. The Bertz CT molecular complexity index is 519. The highest BCUT2D eigenvalue weighted by molar-refractivity contribution is 5.25. The van der Waals surface area contributed by atoms with Crippen molar-refractivity contribution in [1.82, 2.24) is 15.0 Å². The van der Waals surface area contributed by atoms with E-state index in [0.29, 0.717) is 17.0 Å². The number of nitrogens with zero attached hydrogens (tertiary/aromatic N) is 5. The number of rotatable bonds is 0. The Hall–Kier alpha value is -2.79. The Morgan fingerprint density at radius 1 is 0.727 bits per heavy atom. The normalized spacial score (nSPS) is 7.45. The van der Waals surface area contributed by atoms with Crippen molar-refractivity contribution < 1.29 is 0 Å². The van der Waals surface area contributed by atoms with Gasteiger partial charge in [0, 0.05) is 24.3 Å². The molecule has 0 atom stereocenters. The maximum atomic E-state index is 8.34. The van der Waals surface area contributed by atoms with Gasteiger partial charge in [0.15, 0.2) is 0 Å². The van der Waals surface area contributed by atoms with E-state index in [4.69, 9.17) is 10.5 Å². The van der Waals surface area contributed by atoms with Crippen LogP contribution in [-0.4, -0.2) is 15.0 Å². The van der Waals surface area contributed by atoms with Crippen LogP contribution in [0.1, 0.15) is 50.3 Å². The lowest BCUT2D eigenvalue weighted by atomic mass is 10.3. The predicted molar refractivity (Wildman–Crippen MR) is 87.9 cm³/mol. The third kappa shape index (κ3) is 10.1. The number of hydrogen-bond acceptors (Lipinski definition) is 5. The topological polar surface area (TPSA) is 86.2 Å². The van der Waals surface area contributed by atoms with Crippen LogP contribution in [0.25, 0.3) is 0 Å². The van der Waals surface area contributed by atoms with E-state index in [9.17, 15) is 0 Å². The van der Waals surface area contributed by atoms with E-state index in [1.165, 1.54) is 12.4 Å². The van der Waals surface area contributed by atoms with E-state index in [1.807, 2.05) is 52.8 Å². The van der Waals surface area contributed by atoms with Crippen molar-refractivity contribution in [2.75, 3.05) is 0 Å². The van der Waals surface area contributed by atoms with Crippen LogP contribution in [0.3, 0.4) is 0 Å². The molecule has 0 amide bonds. The molecule has 0 aliphatic carbocycles. The Labute approximate surface area is 133 Å². The fourth-order valence-electron chi connectivity index (χ4n) is 0.984. The Balaban J connectivity index is 0. The summed E-state index contributed by atoms with van der Waals surface area (Å²) in [6.07, 6.45) is 4.57. The molecule has 5 nitrogen and oxygen atoms in total. The molecule has 0 aliphatic heterocycles. The van der Waals surface area contributed by atoms with Crippen LogP contribution >= 0.6 is 0 Å². The zero-order chi connectivity index (χ0) is 17.4. The molecule has 5 heteroatoms. The molecule has 0 fully saturated rings.